The van der Waals surface area contributed by atoms with Crippen molar-refractivity contribution in [3.8, 4) is 0 Å². The zero-order valence-electron chi connectivity index (χ0n) is 10.8. The maximum atomic E-state index is 10.1. The van der Waals surface area contributed by atoms with Crippen LogP contribution in [-0.2, 0) is 16.1 Å². The number of ether oxygens (including phenoxy) is 2. The molecule has 5 atom stereocenters. The molecule has 1 saturated heterocycles. The van der Waals surface area contributed by atoms with Gasteiger partial charge >= 0.3 is 0 Å². The number of benzene rings is 1. The predicted molar refractivity (Wildman–Crippen MR) is 68.2 cm³/mol. The van der Waals surface area contributed by atoms with Gasteiger partial charge < -0.3 is 24.8 Å². The van der Waals surface area contributed by atoms with E-state index in [1.54, 1.807) is 6.92 Å². The summed E-state index contributed by atoms with van der Waals surface area (Å²) >= 11 is 0. The second kappa shape index (κ2) is 6.45. The van der Waals surface area contributed by atoms with Gasteiger partial charge in [-0.25, -0.2) is 0 Å². The van der Waals surface area contributed by atoms with Gasteiger partial charge in [0, 0.05) is 6.42 Å². The number of hydrogen-bond donors (Lipinski definition) is 3. The van der Waals surface area contributed by atoms with Gasteiger partial charge in [-0.1, -0.05) is 30.3 Å². The van der Waals surface area contributed by atoms with Crippen molar-refractivity contribution >= 4 is 0 Å². The van der Waals surface area contributed by atoms with E-state index in [1.165, 1.54) is 0 Å². The average molecular weight is 268 g/mol. The highest BCUT2D eigenvalue weighted by Crippen LogP contribution is 2.22. The first-order valence-corrected chi connectivity index (χ1v) is 6.43. The lowest BCUT2D eigenvalue weighted by Gasteiger charge is -2.24. The van der Waals surface area contributed by atoms with Gasteiger partial charge in [-0.2, -0.15) is 0 Å². The van der Waals surface area contributed by atoms with E-state index in [4.69, 9.17) is 9.47 Å². The summed E-state index contributed by atoms with van der Waals surface area (Å²) in [7, 11) is 0. The summed E-state index contributed by atoms with van der Waals surface area (Å²) in [6.07, 6.45) is -4.24. The van der Waals surface area contributed by atoms with Crippen LogP contribution in [0.2, 0.25) is 0 Å². The first kappa shape index (κ1) is 14.4. The molecular formula is C14H20O5. The lowest BCUT2D eigenvalue weighted by molar-refractivity contribution is -0.188. The average Bonchev–Trinajstić information content (AvgIpc) is 2.50. The Bertz CT molecular complexity index is 383. The molecular weight excluding hydrogens is 248 g/mol. The molecule has 1 fully saturated rings. The summed E-state index contributed by atoms with van der Waals surface area (Å²) in [6.45, 7) is 1.99. The molecule has 5 unspecified atom stereocenters. The Hall–Kier alpha value is -0.980. The monoisotopic (exact) mass is 268 g/mol. The second-order valence-corrected chi connectivity index (χ2v) is 4.86. The summed E-state index contributed by atoms with van der Waals surface area (Å²) in [5.41, 5.74) is 0.988. The van der Waals surface area contributed by atoms with E-state index in [0.29, 0.717) is 6.61 Å². The van der Waals surface area contributed by atoms with Crippen molar-refractivity contribution in [2.45, 2.75) is 50.7 Å². The molecule has 0 bridgehead atoms. The van der Waals surface area contributed by atoms with E-state index in [1.807, 2.05) is 30.3 Å². The van der Waals surface area contributed by atoms with E-state index < -0.39 is 30.7 Å². The van der Waals surface area contributed by atoms with Gasteiger partial charge in [0.15, 0.2) is 6.29 Å². The Morgan fingerprint density at radius 2 is 1.89 bits per heavy atom. The lowest BCUT2D eigenvalue weighted by atomic mass is 10.0. The maximum absolute atomic E-state index is 10.1. The molecule has 0 aromatic heterocycles. The highest BCUT2D eigenvalue weighted by Gasteiger charge is 2.36. The van der Waals surface area contributed by atoms with Crippen LogP contribution in [0.25, 0.3) is 0 Å². The van der Waals surface area contributed by atoms with Crippen LogP contribution in [-0.4, -0.2) is 46.0 Å². The zero-order valence-corrected chi connectivity index (χ0v) is 10.8. The van der Waals surface area contributed by atoms with Crippen molar-refractivity contribution < 1.29 is 24.8 Å². The fourth-order valence-electron chi connectivity index (χ4n) is 2.13. The molecule has 5 nitrogen and oxygen atoms in total. The minimum absolute atomic E-state index is 0.138. The second-order valence-electron chi connectivity index (χ2n) is 4.86. The van der Waals surface area contributed by atoms with Gasteiger partial charge in [-0.05, 0) is 12.5 Å². The van der Waals surface area contributed by atoms with Gasteiger partial charge in [-0.15, -0.1) is 0 Å². The third kappa shape index (κ3) is 3.75. The lowest BCUT2D eigenvalue weighted by Crippen LogP contribution is -2.37. The summed E-state index contributed by atoms with van der Waals surface area (Å²) < 4.78 is 10.7. The molecule has 0 radical (unpaired) electrons. The number of aliphatic hydroxyl groups excluding tert-OH is 3. The van der Waals surface area contributed by atoms with Crippen LogP contribution in [0.15, 0.2) is 30.3 Å². The van der Waals surface area contributed by atoms with Crippen LogP contribution < -0.4 is 0 Å². The summed E-state index contributed by atoms with van der Waals surface area (Å²) in [5.74, 6) is 0. The van der Waals surface area contributed by atoms with Gasteiger partial charge in [-0.3, -0.25) is 0 Å². The van der Waals surface area contributed by atoms with Crippen molar-refractivity contribution in [3.05, 3.63) is 35.9 Å². The molecule has 1 heterocycles. The molecule has 1 aliphatic heterocycles. The predicted octanol–water partition coefficient (Wildman–Crippen LogP) is 0.421. The summed E-state index contributed by atoms with van der Waals surface area (Å²) in [5, 5.41) is 29.3. The van der Waals surface area contributed by atoms with E-state index in [2.05, 4.69) is 0 Å². The highest BCUT2D eigenvalue weighted by molar-refractivity contribution is 5.13. The SMILES string of the molecule is CC1OC(O)C(O)CC(OCc2ccccc2)C1O. The van der Waals surface area contributed by atoms with Crippen LogP contribution in [0.3, 0.4) is 0 Å². The van der Waals surface area contributed by atoms with E-state index >= 15 is 0 Å². The Morgan fingerprint density at radius 3 is 2.58 bits per heavy atom. The Labute approximate surface area is 112 Å². The van der Waals surface area contributed by atoms with Crippen LogP contribution in [0, 0.1) is 0 Å². The van der Waals surface area contributed by atoms with E-state index in [-0.39, 0.29) is 6.42 Å². The van der Waals surface area contributed by atoms with Crippen molar-refractivity contribution in [3.63, 3.8) is 0 Å². The molecule has 106 valence electrons. The topological polar surface area (TPSA) is 79.2 Å². The largest absolute Gasteiger partial charge is 0.388 e. The zero-order chi connectivity index (χ0) is 13.8. The molecule has 3 N–H and O–H groups in total. The minimum Gasteiger partial charge on any atom is -0.388 e. The van der Waals surface area contributed by atoms with Crippen molar-refractivity contribution in [1.82, 2.24) is 0 Å². The quantitative estimate of drug-likeness (QED) is 0.740. The van der Waals surface area contributed by atoms with Crippen LogP contribution in [0.1, 0.15) is 18.9 Å². The Balaban J connectivity index is 1.97. The number of aliphatic hydroxyl groups is 3. The van der Waals surface area contributed by atoms with Crippen LogP contribution in [0.4, 0.5) is 0 Å². The van der Waals surface area contributed by atoms with Crippen LogP contribution >= 0.6 is 0 Å². The van der Waals surface area contributed by atoms with Crippen molar-refractivity contribution in [2.24, 2.45) is 0 Å². The van der Waals surface area contributed by atoms with Gasteiger partial charge in [0.1, 0.15) is 12.2 Å². The standard InChI is InChI=1S/C14H20O5/c1-9-13(16)12(7-11(15)14(17)19-9)18-8-10-5-3-2-4-6-10/h2-6,9,11-17H,7-8H2,1H3. The fourth-order valence-corrected chi connectivity index (χ4v) is 2.13. The normalized spacial score (nSPS) is 35.9. The van der Waals surface area contributed by atoms with Crippen LogP contribution in [0.5, 0.6) is 0 Å². The Kier molecular flexibility index (Phi) is 4.90. The molecule has 0 aliphatic carbocycles. The molecule has 1 aromatic carbocycles. The summed E-state index contributed by atoms with van der Waals surface area (Å²) in [6, 6.07) is 9.59. The first-order valence-electron chi connectivity index (χ1n) is 6.43. The third-order valence-corrected chi connectivity index (χ3v) is 3.33. The molecule has 0 saturated carbocycles. The van der Waals surface area contributed by atoms with E-state index in [0.717, 1.165) is 5.56 Å². The van der Waals surface area contributed by atoms with Gasteiger partial charge in [0.25, 0.3) is 0 Å². The third-order valence-electron chi connectivity index (χ3n) is 3.33. The minimum atomic E-state index is -1.28. The van der Waals surface area contributed by atoms with Gasteiger partial charge in [0.05, 0.1) is 18.8 Å². The molecule has 0 spiro atoms. The molecule has 0 amide bonds. The maximum Gasteiger partial charge on any atom is 0.181 e. The first-order chi connectivity index (χ1) is 9.08. The number of rotatable bonds is 3. The molecule has 19 heavy (non-hydrogen) atoms. The Morgan fingerprint density at radius 1 is 1.21 bits per heavy atom. The fraction of sp³-hybridized carbons (Fsp3) is 0.571. The van der Waals surface area contributed by atoms with Crippen molar-refractivity contribution in [1.29, 1.82) is 0 Å². The smallest absolute Gasteiger partial charge is 0.181 e. The number of hydrogen-bond acceptors (Lipinski definition) is 5. The molecule has 1 aliphatic rings. The molecule has 1 aromatic rings. The van der Waals surface area contributed by atoms with E-state index in [9.17, 15) is 15.3 Å². The highest BCUT2D eigenvalue weighted by atomic mass is 16.6. The molecule has 2 rings (SSSR count). The summed E-state index contributed by atoms with van der Waals surface area (Å²) in [4.78, 5) is 0. The van der Waals surface area contributed by atoms with Gasteiger partial charge in [0.2, 0.25) is 0 Å². The van der Waals surface area contributed by atoms with Crippen molar-refractivity contribution in [2.75, 3.05) is 0 Å². The molecule has 5 heteroatoms.